The number of nitrogens with one attached hydrogen (secondary N) is 1. The first-order valence-electron chi connectivity index (χ1n) is 7.49. The minimum atomic E-state index is -0.439. The number of aliphatic hydroxyl groups is 1. The van der Waals surface area contributed by atoms with E-state index in [2.05, 4.69) is 15.5 Å². The summed E-state index contributed by atoms with van der Waals surface area (Å²) in [5, 5.41) is 16.3. The van der Waals surface area contributed by atoms with Gasteiger partial charge in [-0.2, -0.15) is 4.98 Å². The Bertz CT molecular complexity index is 615. The van der Waals surface area contributed by atoms with Crippen LogP contribution in [0.25, 0.3) is 11.6 Å². The molecule has 2 N–H and O–H groups in total. The van der Waals surface area contributed by atoms with E-state index in [4.69, 9.17) is 8.94 Å². The molecule has 2 heterocycles. The quantitative estimate of drug-likeness (QED) is 0.842. The fourth-order valence-electron chi connectivity index (χ4n) is 2.82. The molecule has 1 fully saturated rings. The van der Waals surface area contributed by atoms with Crippen LogP contribution in [0.15, 0.2) is 27.3 Å². The molecule has 0 bridgehead atoms. The molecule has 22 heavy (non-hydrogen) atoms. The van der Waals surface area contributed by atoms with Crippen LogP contribution in [0.2, 0.25) is 0 Å². The lowest BCUT2D eigenvalue weighted by Gasteiger charge is -2.27. The van der Waals surface area contributed by atoms with Crippen molar-refractivity contribution in [3.8, 4) is 11.6 Å². The number of carbonyl (C=O) groups excluding carboxylic acids is 1. The molecule has 0 unspecified atom stereocenters. The fourth-order valence-corrected chi connectivity index (χ4v) is 2.82. The van der Waals surface area contributed by atoms with E-state index >= 15 is 0 Å². The fraction of sp³-hybridized carbons (Fsp3) is 0.533. The van der Waals surface area contributed by atoms with E-state index in [-0.39, 0.29) is 18.9 Å². The van der Waals surface area contributed by atoms with E-state index < -0.39 is 5.54 Å². The zero-order valence-corrected chi connectivity index (χ0v) is 12.2. The molecule has 7 heteroatoms. The second kappa shape index (κ2) is 6.31. The topological polar surface area (TPSA) is 101 Å². The number of hydrogen-bond acceptors (Lipinski definition) is 6. The molecule has 0 aliphatic heterocycles. The minimum Gasteiger partial charge on any atom is -0.461 e. The number of hydrogen-bond donors (Lipinski definition) is 2. The first-order valence-corrected chi connectivity index (χ1v) is 7.49. The van der Waals surface area contributed by atoms with E-state index in [9.17, 15) is 9.90 Å². The number of aromatic nitrogens is 2. The summed E-state index contributed by atoms with van der Waals surface area (Å²) in [5.74, 6) is 1.20. The third kappa shape index (κ3) is 3.19. The molecule has 2 aromatic heterocycles. The second-order valence-corrected chi connectivity index (χ2v) is 5.68. The Balaban J connectivity index is 1.53. The number of furan rings is 1. The van der Waals surface area contributed by atoms with Crippen LogP contribution in [0.1, 0.15) is 38.0 Å². The molecule has 0 spiro atoms. The summed E-state index contributed by atoms with van der Waals surface area (Å²) in [6.07, 6.45) is 5.89. The van der Waals surface area contributed by atoms with Gasteiger partial charge < -0.3 is 19.4 Å². The molecule has 0 radical (unpaired) electrons. The Morgan fingerprint density at radius 3 is 2.91 bits per heavy atom. The SMILES string of the molecule is O=C(CCc1nc(-c2ccco2)no1)NC1(CO)CCCC1. The smallest absolute Gasteiger partial charge is 0.238 e. The highest BCUT2D eigenvalue weighted by atomic mass is 16.5. The number of amides is 1. The lowest BCUT2D eigenvalue weighted by Crippen LogP contribution is -2.49. The van der Waals surface area contributed by atoms with Crippen molar-refractivity contribution in [3.63, 3.8) is 0 Å². The number of rotatable bonds is 6. The van der Waals surface area contributed by atoms with Crippen molar-refractivity contribution in [2.75, 3.05) is 6.61 Å². The highest BCUT2D eigenvalue weighted by Gasteiger charge is 2.34. The molecule has 3 rings (SSSR count). The van der Waals surface area contributed by atoms with Gasteiger partial charge in [0.2, 0.25) is 17.6 Å². The van der Waals surface area contributed by atoms with Crippen LogP contribution in [0, 0.1) is 0 Å². The molecule has 1 aliphatic rings. The number of aliphatic hydroxyl groups excluding tert-OH is 1. The third-order valence-corrected chi connectivity index (χ3v) is 4.04. The lowest BCUT2D eigenvalue weighted by atomic mass is 9.98. The summed E-state index contributed by atoms with van der Waals surface area (Å²) in [6, 6.07) is 3.49. The van der Waals surface area contributed by atoms with Crippen LogP contribution in [0.3, 0.4) is 0 Å². The zero-order valence-electron chi connectivity index (χ0n) is 12.2. The predicted octanol–water partition coefficient (Wildman–Crippen LogP) is 1.68. The van der Waals surface area contributed by atoms with Gasteiger partial charge in [-0.1, -0.05) is 18.0 Å². The van der Waals surface area contributed by atoms with Gasteiger partial charge in [-0.05, 0) is 25.0 Å². The summed E-state index contributed by atoms with van der Waals surface area (Å²) in [4.78, 5) is 16.2. The molecular formula is C15H19N3O4. The first kappa shape index (κ1) is 14.8. The van der Waals surface area contributed by atoms with Crippen molar-refractivity contribution in [1.29, 1.82) is 0 Å². The summed E-state index contributed by atoms with van der Waals surface area (Å²) >= 11 is 0. The van der Waals surface area contributed by atoms with Crippen molar-refractivity contribution >= 4 is 5.91 Å². The average molecular weight is 305 g/mol. The van der Waals surface area contributed by atoms with Gasteiger partial charge in [0.25, 0.3) is 0 Å². The summed E-state index contributed by atoms with van der Waals surface area (Å²) in [6.45, 7) is -0.0120. The highest BCUT2D eigenvalue weighted by molar-refractivity contribution is 5.77. The van der Waals surface area contributed by atoms with Crippen LogP contribution < -0.4 is 5.32 Å². The molecule has 0 aromatic carbocycles. The Kier molecular flexibility index (Phi) is 4.24. The van der Waals surface area contributed by atoms with Gasteiger partial charge in [0.1, 0.15) is 0 Å². The second-order valence-electron chi connectivity index (χ2n) is 5.68. The van der Waals surface area contributed by atoms with E-state index in [1.165, 1.54) is 6.26 Å². The molecule has 118 valence electrons. The van der Waals surface area contributed by atoms with Crippen LogP contribution in [0.5, 0.6) is 0 Å². The monoisotopic (exact) mass is 305 g/mol. The van der Waals surface area contributed by atoms with Crippen LogP contribution in [0.4, 0.5) is 0 Å². The largest absolute Gasteiger partial charge is 0.461 e. The molecule has 1 saturated carbocycles. The molecule has 0 saturated heterocycles. The number of carbonyl (C=O) groups is 1. The van der Waals surface area contributed by atoms with E-state index in [0.717, 1.165) is 25.7 Å². The highest BCUT2D eigenvalue weighted by Crippen LogP contribution is 2.29. The van der Waals surface area contributed by atoms with Gasteiger partial charge in [-0.25, -0.2) is 0 Å². The normalized spacial score (nSPS) is 16.8. The Morgan fingerprint density at radius 2 is 2.23 bits per heavy atom. The Hall–Kier alpha value is -2.15. The van der Waals surface area contributed by atoms with Crippen molar-refractivity contribution in [2.45, 2.75) is 44.1 Å². The Morgan fingerprint density at radius 1 is 1.41 bits per heavy atom. The summed E-state index contributed by atoms with van der Waals surface area (Å²) in [7, 11) is 0. The van der Waals surface area contributed by atoms with Crippen molar-refractivity contribution in [1.82, 2.24) is 15.5 Å². The maximum absolute atomic E-state index is 12.0. The van der Waals surface area contributed by atoms with E-state index in [1.54, 1.807) is 12.1 Å². The zero-order chi connectivity index (χ0) is 15.4. The minimum absolute atomic E-state index is 0.0120. The molecule has 1 amide bonds. The van der Waals surface area contributed by atoms with E-state index in [1.807, 2.05) is 0 Å². The van der Waals surface area contributed by atoms with Crippen LogP contribution in [-0.2, 0) is 11.2 Å². The van der Waals surface area contributed by atoms with Gasteiger partial charge in [0.05, 0.1) is 18.4 Å². The van der Waals surface area contributed by atoms with Gasteiger partial charge in [0, 0.05) is 12.8 Å². The van der Waals surface area contributed by atoms with Crippen molar-refractivity contribution in [2.24, 2.45) is 0 Å². The maximum Gasteiger partial charge on any atom is 0.238 e. The van der Waals surface area contributed by atoms with Crippen LogP contribution >= 0.6 is 0 Å². The predicted molar refractivity (Wildman–Crippen MR) is 76.7 cm³/mol. The van der Waals surface area contributed by atoms with Crippen molar-refractivity contribution < 1.29 is 18.8 Å². The first-order chi connectivity index (χ1) is 10.7. The van der Waals surface area contributed by atoms with Gasteiger partial charge in [0.15, 0.2) is 5.76 Å². The molecule has 7 nitrogen and oxygen atoms in total. The molecular weight excluding hydrogens is 286 g/mol. The van der Waals surface area contributed by atoms with Gasteiger partial charge in [-0.3, -0.25) is 4.79 Å². The maximum atomic E-state index is 12.0. The van der Waals surface area contributed by atoms with Gasteiger partial charge in [-0.15, -0.1) is 0 Å². The van der Waals surface area contributed by atoms with Crippen molar-refractivity contribution in [3.05, 3.63) is 24.3 Å². The summed E-state index contributed by atoms with van der Waals surface area (Å²) in [5.41, 5.74) is -0.439. The Labute approximate surface area is 127 Å². The third-order valence-electron chi connectivity index (χ3n) is 4.04. The van der Waals surface area contributed by atoms with Crippen LogP contribution in [-0.4, -0.2) is 33.3 Å². The number of nitrogens with zero attached hydrogens (tertiary/aromatic N) is 2. The molecule has 0 atom stereocenters. The standard InChI is InChI=1S/C15H19N3O4/c19-10-15(7-1-2-8-15)17-12(20)5-6-13-16-14(18-22-13)11-4-3-9-21-11/h3-4,9,19H,1-2,5-8,10H2,(H,17,20). The number of aryl methyl sites for hydroxylation is 1. The molecule has 1 aliphatic carbocycles. The molecule has 2 aromatic rings. The lowest BCUT2D eigenvalue weighted by molar-refractivity contribution is -0.123. The van der Waals surface area contributed by atoms with Gasteiger partial charge >= 0.3 is 0 Å². The summed E-state index contributed by atoms with van der Waals surface area (Å²) < 4.78 is 10.3. The van der Waals surface area contributed by atoms with E-state index in [0.29, 0.717) is 23.9 Å². The average Bonchev–Trinajstić information content (AvgIpc) is 3.26.